The number of hydrogen-bond acceptors (Lipinski definition) is 10. The fraction of sp³-hybridized carbons (Fsp3) is 0.250. The summed E-state index contributed by atoms with van der Waals surface area (Å²) in [5.41, 5.74) is 0.930. The Bertz CT molecular complexity index is 1320. The third-order valence-corrected chi connectivity index (χ3v) is 3.87. The van der Waals surface area contributed by atoms with Crippen LogP contribution in [0, 0.1) is 13.8 Å². The van der Waals surface area contributed by atoms with Crippen molar-refractivity contribution >= 4 is 35.1 Å². The molecule has 1 N–H and O–H groups in total. The summed E-state index contributed by atoms with van der Waals surface area (Å²) in [6.45, 7) is 3.45. The molecule has 0 saturated carbocycles. The van der Waals surface area contributed by atoms with E-state index in [0.29, 0.717) is 16.5 Å². The Hall–Kier alpha value is -3.87. The number of nitrogens with zero attached hydrogens (tertiary/aromatic N) is 7. The van der Waals surface area contributed by atoms with Crippen LogP contribution in [0.25, 0.3) is 11.6 Å². The molecule has 156 valence electrons. The largest absolute Gasteiger partial charge is 0.463 e. The molecule has 0 amide bonds. The van der Waals surface area contributed by atoms with Crippen LogP contribution in [0.1, 0.15) is 32.6 Å². The number of H-pyrrole nitrogens is 1. The van der Waals surface area contributed by atoms with E-state index >= 15 is 0 Å². The summed E-state index contributed by atoms with van der Waals surface area (Å²) in [5.74, 6) is -0.933. The highest BCUT2D eigenvalue weighted by Gasteiger charge is 2.15. The van der Waals surface area contributed by atoms with Gasteiger partial charge in [0.05, 0.1) is 14.2 Å². The van der Waals surface area contributed by atoms with E-state index in [1.807, 2.05) is 0 Å². The van der Waals surface area contributed by atoms with Gasteiger partial charge >= 0.3 is 11.9 Å². The number of aromatic amines is 1. The molecular formula is C16H15ClN8O5. The van der Waals surface area contributed by atoms with Crippen LogP contribution in [0.3, 0.4) is 0 Å². The standard InChI is InChI=1S/C8H7ClN4O2.C8H8N4O3/c1-4-3-5(9)13-8(10-4)11-6(12-13)7(14)15-2;1-4-3-5(13)12-8(9-4)10-6(11-12)7(14)15-2/h3H,1-2H3;3H,1-2H3,(H,9,10,11). The van der Waals surface area contributed by atoms with Crippen LogP contribution in [-0.4, -0.2) is 65.3 Å². The van der Waals surface area contributed by atoms with Crippen molar-refractivity contribution in [2.75, 3.05) is 14.2 Å². The Morgan fingerprint density at radius 1 is 0.967 bits per heavy atom. The van der Waals surface area contributed by atoms with Crippen LogP contribution in [0.15, 0.2) is 16.9 Å². The van der Waals surface area contributed by atoms with Crippen LogP contribution >= 0.6 is 11.6 Å². The summed E-state index contributed by atoms with van der Waals surface area (Å²) >= 11 is 5.89. The van der Waals surface area contributed by atoms with Gasteiger partial charge in [-0.25, -0.2) is 19.6 Å². The number of fused-ring (bicyclic) bond motifs is 2. The molecule has 4 aromatic heterocycles. The molecule has 0 aromatic carbocycles. The van der Waals surface area contributed by atoms with Gasteiger partial charge in [-0.2, -0.15) is 19.0 Å². The SMILES string of the molecule is COC(=O)c1nc2nc(C)cc(=O)n2[nH]1.COC(=O)c1nc2nc(C)cc(Cl)n2n1. The van der Waals surface area contributed by atoms with E-state index in [4.69, 9.17) is 11.6 Å². The molecule has 0 aliphatic rings. The van der Waals surface area contributed by atoms with E-state index in [1.165, 1.54) is 24.8 Å². The molecule has 30 heavy (non-hydrogen) atoms. The van der Waals surface area contributed by atoms with Gasteiger partial charge in [0.15, 0.2) is 0 Å². The fourth-order valence-electron chi connectivity index (χ4n) is 2.30. The maximum Gasteiger partial charge on any atom is 0.378 e. The predicted octanol–water partition coefficient (Wildman–Crippen LogP) is 0.385. The summed E-state index contributed by atoms with van der Waals surface area (Å²) < 4.78 is 11.3. The highest BCUT2D eigenvalue weighted by molar-refractivity contribution is 6.29. The number of aromatic nitrogens is 8. The molecule has 0 saturated heterocycles. The molecule has 0 aliphatic carbocycles. The van der Waals surface area contributed by atoms with Crippen molar-refractivity contribution < 1.29 is 19.1 Å². The number of carbonyl (C=O) groups is 2. The molecule has 0 radical (unpaired) electrons. The minimum atomic E-state index is -0.641. The molecule has 4 rings (SSSR count). The first kappa shape index (κ1) is 20.9. The lowest BCUT2D eigenvalue weighted by Gasteiger charge is -1.95. The molecule has 0 fully saturated rings. The molecule has 14 heteroatoms. The number of hydrogen-bond donors (Lipinski definition) is 1. The molecule has 4 heterocycles. The van der Waals surface area contributed by atoms with E-state index in [1.54, 1.807) is 19.9 Å². The number of nitrogens with one attached hydrogen (secondary N) is 1. The molecule has 0 spiro atoms. The van der Waals surface area contributed by atoms with Gasteiger partial charge in [0.1, 0.15) is 5.15 Å². The molecular weight excluding hydrogens is 420 g/mol. The average Bonchev–Trinajstić information content (AvgIpc) is 3.32. The highest BCUT2D eigenvalue weighted by atomic mass is 35.5. The Labute approximate surface area is 172 Å². The Morgan fingerprint density at radius 2 is 1.60 bits per heavy atom. The average molecular weight is 435 g/mol. The number of methoxy groups -OCH3 is 2. The smallest absolute Gasteiger partial charge is 0.378 e. The van der Waals surface area contributed by atoms with Crippen molar-refractivity contribution in [3.8, 4) is 0 Å². The van der Waals surface area contributed by atoms with Gasteiger partial charge in [0.25, 0.3) is 22.9 Å². The van der Waals surface area contributed by atoms with Crippen LogP contribution in [0.2, 0.25) is 5.15 Å². The van der Waals surface area contributed by atoms with Gasteiger partial charge in [-0.15, -0.1) is 5.10 Å². The summed E-state index contributed by atoms with van der Waals surface area (Å²) in [6.07, 6.45) is 0. The Balaban J connectivity index is 0.000000171. The van der Waals surface area contributed by atoms with Crippen molar-refractivity contribution in [3.63, 3.8) is 0 Å². The first-order valence-corrected chi connectivity index (χ1v) is 8.64. The van der Waals surface area contributed by atoms with E-state index < -0.39 is 11.9 Å². The van der Waals surface area contributed by atoms with Gasteiger partial charge in [0, 0.05) is 17.5 Å². The third-order valence-electron chi connectivity index (χ3n) is 3.60. The van der Waals surface area contributed by atoms with Crippen molar-refractivity contribution in [3.05, 3.63) is 50.7 Å². The Morgan fingerprint density at radius 3 is 2.27 bits per heavy atom. The maximum absolute atomic E-state index is 11.4. The van der Waals surface area contributed by atoms with Gasteiger partial charge in [-0.1, -0.05) is 11.6 Å². The second kappa shape index (κ2) is 8.24. The van der Waals surface area contributed by atoms with Crippen molar-refractivity contribution in [1.82, 2.24) is 39.2 Å². The molecule has 13 nitrogen and oxygen atoms in total. The summed E-state index contributed by atoms with van der Waals surface area (Å²) in [6, 6.07) is 2.97. The second-order valence-electron chi connectivity index (χ2n) is 5.79. The minimum absolute atomic E-state index is 0.0484. The van der Waals surface area contributed by atoms with E-state index in [-0.39, 0.29) is 28.8 Å². The number of aryl methyl sites for hydroxylation is 2. The van der Waals surface area contributed by atoms with E-state index in [0.717, 1.165) is 4.52 Å². The molecule has 0 bridgehead atoms. The minimum Gasteiger partial charge on any atom is -0.463 e. The Kier molecular flexibility index (Phi) is 5.73. The van der Waals surface area contributed by atoms with E-state index in [2.05, 4.69) is 39.6 Å². The first-order valence-electron chi connectivity index (χ1n) is 8.26. The molecule has 0 unspecified atom stereocenters. The summed E-state index contributed by atoms with van der Waals surface area (Å²) in [7, 11) is 2.49. The maximum atomic E-state index is 11.4. The van der Waals surface area contributed by atoms with Crippen LogP contribution in [0.5, 0.6) is 0 Å². The normalized spacial score (nSPS) is 10.6. The highest BCUT2D eigenvalue weighted by Crippen LogP contribution is 2.11. The van der Waals surface area contributed by atoms with Gasteiger partial charge in [-0.05, 0) is 19.9 Å². The van der Waals surface area contributed by atoms with Crippen molar-refractivity contribution in [2.24, 2.45) is 0 Å². The van der Waals surface area contributed by atoms with Gasteiger partial charge in [0.2, 0.25) is 5.82 Å². The van der Waals surface area contributed by atoms with Crippen LogP contribution in [-0.2, 0) is 9.47 Å². The third kappa shape index (κ3) is 4.10. The predicted molar refractivity (Wildman–Crippen MR) is 102 cm³/mol. The second-order valence-corrected chi connectivity index (χ2v) is 6.18. The summed E-state index contributed by atoms with van der Waals surface area (Å²) in [4.78, 5) is 49.5. The van der Waals surface area contributed by atoms with Crippen molar-refractivity contribution in [2.45, 2.75) is 13.8 Å². The number of carbonyl (C=O) groups excluding carboxylic acids is 2. The molecule has 4 aromatic rings. The molecule has 0 atom stereocenters. The van der Waals surface area contributed by atoms with E-state index in [9.17, 15) is 14.4 Å². The lowest BCUT2D eigenvalue weighted by molar-refractivity contribution is 0.0578. The van der Waals surface area contributed by atoms with Crippen molar-refractivity contribution in [1.29, 1.82) is 0 Å². The fourth-order valence-corrected chi connectivity index (χ4v) is 2.57. The van der Waals surface area contributed by atoms with Gasteiger partial charge < -0.3 is 9.47 Å². The topological polar surface area (TPSA) is 159 Å². The monoisotopic (exact) mass is 434 g/mol. The number of rotatable bonds is 2. The lowest BCUT2D eigenvalue weighted by Crippen LogP contribution is -2.15. The van der Waals surface area contributed by atoms with Crippen LogP contribution < -0.4 is 5.56 Å². The molecule has 0 aliphatic heterocycles. The number of halogens is 1. The zero-order valence-electron chi connectivity index (χ0n) is 16.2. The quantitative estimate of drug-likeness (QED) is 0.345. The lowest BCUT2D eigenvalue weighted by atomic mass is 10.5. The van der Waals surface area contributed by atoms with Gasteiger partial charge in [-0.3, -0.25) is 9.89 Å². The first-order chi connectivity index (χ1) is 14.2. The van der Waals surface area contributed by atoms with Crippen LogP contribution in [0.4, 0.5) is 0 Å². The number of esters is 2. The number of ether oxygens (including phenoxy) is 2. The zero-order valence-corrected chi connectivity index (χ0v) is 17.0. The zero-order chi connectivity index (χ0) is 22.0. The summed E-state index contributed by atoms with van der Waals surface area (Å²) in [5, 5.41) is 6.71.